The Balaban J connectivity index is 2.23. The summed E-state index contributed by atoms with van der Waals surface area (Å²) < 4.78 is 18.6. The van der Waals surface area contributed by atoms with E-state index in [1.165, 1.54) is 6.07 Å². The Kier molecular flexibility index (Phi) is 7.36. The molecule has 108 valence electrons. The van der Waals surface area contributed by atoms with Gasteiger partial charge in [-0.25, -0.2) is 4.39 Å². The number of halogens is 2. The summed E-state index contributed by atoms with van der Waals surface area (Å²) in [7, 11) is 0. The predicted molar refractivity (Wildman–Crippen MR) is 78.1 cm³/mol. The monoisotopic (exact) mass is 287 g/mol. The smallest absolute Gasteiger partial charge is 0.141 e. The van der Waals surface area contributed by atoms with Crippen LogP contribution in [0.2, 0.25) is 5.02 Å². The van der Waals surface area contributed by atoms with Crippen molar-refractivity contribution in [3.8, 4) is 0 Å². The summed E-state index contributed by atoms with van der Waals surface area (Å²) in [6, 6.07) is 4.94. The van der Waals surface area contributed by atoms with Gasteiger partial charge < -0.3 is 10.1 Å². The van der Waals surface area contributed by atoms with Crippen molar-refractivity contribution in [2.24, 2.45) is 5.92 Å². The Bertz CT molecular complexity index is 384. The van der Waals surface area contributed by atoms with Gasteiger partial charge in [0.15, 0.2) is 0 Å². The summed E-state index contributed by atoms with van der Waals surface area (Å²) >= 11 is 5.76. The Labute approximate surface area is 120 Å². The maximum Gasteiger partial charge on any atom is 0.141 e. The van der Waals surface area contributed by atoms with Crippen LogP contribution in [0.5, 0.6) is 0 Å². The van der Waals surface area contributed by atoms with Crippen LogP contribution in [0.3, 0.4) is 0 Å². The van der Waals surface area contributed by atoms with Crippen molar-refractivity contribution < 1.29 is 9.13 Å². The van der Waals surface area contributed by atoms with Crippen LogP contribution in [-0.4, -0.2) is 19.8 Å². The molecule has 0 saturated heterocycles. The van der Waals surface area contributed by atoms with E-state index in [2.05, 4.69) is 19.2 Å². The molecule has 0 amide bonds. The number of rotatable bonds is 8. The van der Waals surface area contributed by atoms with Crippen molar-refractivity contribution in [3.05, 3.63) is 34.6 Å². The van der Waals surface area contributed by atoms with Gasteiger partial charge in [-0.3, -0.25) is 0 Å². The van der Waals surface area contributed by atoms with E-state index in [1.54, 1.807) is 12.1 Å². The van der Waals surface area contributed by atoms with Crippen LogP contribution in [-0.2, 0) is 4.74 Å². The van der Waals surface area contributed by atoms with Crippen molar-refractivity contribution in [3.63, 3.8) is 0 Å². The van der Waals surface area contributed by atoms with Gasteiger partial charge >= 0.3 is 0 Å². The molecule has 0 heterocycles. The van der Waals surface area contributed by atoms with E-state index >= 15 is 0 Å². The van der Waals surface area contributed by atoms with Crippen molar-refractivity contribution >= 4 is 11.6 Å². The van der Waals surface area contributed by atoms with Crippen LogP contribution in [0.1, 0.15) is 38.8 Å². The summed E-state index contributed by atoms with van der Waals surface area (Å²) in [6.45, 7) is 8.65. The molecule has 0 aromatic heterocycles. The van der Waals surface area contributed by atoms with Crippen LogP contribution in [0, 0.1) is 11.7 Å². The van der Waals surface area contributed by atoms with Crippen LogP contribution >= 0.6 is 11.6 Å². The first-order valence-electron chi connectivity index (χ1n) is 6.76. The Hall–Kier alpha value is -0.640. The molecule has 2 nitrogen and oxygen atoms in total. The molecule has 1 aromatic rings. The molecule has 0 bridgehead atoms. The van der Waals surface area contributed by atoms with Crippen LogP contribution in [0.25, 0.3) is 0 Å². The molecule has 1 unspecified atom stereocenters. The fraction of sp³-hybridized carbons (Fsp3) is 0.600. The molecule has 4 heteroatoms. The third kappa shape index (κ3) is 6.37. The molecular formula is C15H23ClFNO. The van der Waals surface area contributed by atoms with E-state index < -0.39 is 0 Å². The molecule has 0 aliphatic heterocycles. The van der Waals surface area contributed by atoms with Gasteiger partial charge in [0.2, 0.25) is 0 Å². The first-order chi connectivity index (χ1) is 9.00. The van der Waals surface area contributed by atoms with Crippen molar-refractivity contribution in [1.29, 1.82) is 0 Å². The number of hydrogen-bond donors (Lipinski definition) is 1. The maximum absolute atomic E-state index is 13.0. The lowest BCUT2D eigenvalue weighted by Gasteiger charge is -2.15. The third-order valence-electron chi connectivity index (χ3n) is 2.98. The summed E-state index contributed by atoms with van der Waals surface area (Å²) in [6.07, 6.45) is 1.09. The SMILES string of the molecule is CC(C)CCOCCNC(C)c1ccc(F)c(Cl)c1. The first kappa shape index (κ1) is 16.4. The number of ether oxygens (including phenoxy) is 1. The Morgan fingerprint density at radius 3 is 2.63 bits per heavy atom. The van der Waals surface area contributed by atoms with Crippen LogP contribution in [0.4, 0.5) is 4.39 Å². The Morgan fingerprint density at radius 2 is 2.00 bits per heavy atom. The molecule has 0 aliphatic rings. The van der Waals surface area contributed by atoms with Gasteiger partial charge in [0.25, 0.3) is 0 Å². The average Bonchev–Trinajstić information content (AvgIpc) is 2.36. The highest BCUT2D eigenvalue weighted by Gasteiger charge is 2.07. The standard InChI is InChI=1S/C15H23ClFNO/c1-11(2)6-8-19-9-7-18-12(3)13-4-5-15(17)14(16)10-13/h4-5,10-12,18H,6-9H2,1-3H3. The number of hydrogen-bond acceptors (Lipinski definition) is 2. The minimum absolute atomic E-state index is 0.131. The lowest BCUT2D eigenvalue weighted by atomic mass is 10.1. The zero-order chi connectivity index (χ0) is 14.3. The summed E-state index contributed by atoms with van der Waals surface area (Å²) in [5, 5.41) is 3.49. The molecule has 0 aliphatic carbocycles. The van der Waals surface area contributed by atoms with Gasteiger partial charge in [0.05, 0.1) is 11.6 Å². The fourth-order valence-electron chi connectivity index (χ4n) is 1.67. The molecule has 0 saturated carbocycles. The van der Waals surface area contributed by atoms with Crippen molar-refractivity contribution in [2.75, 3.05) is 19.8 Å². The third-order valence-corrected chi connectivity index (χ3v) is 3.27. The van der Waals surface area contributed by atoms with Gasteiger partial charge in [0.1, 0.15) is 5.82 Å². The van der Waals surface area contributed by atoms with E-state index in [1.807, 2.05) is 6.92 Å². The topological polar surface area (TPSA) is 21.3 Å². The lowest BCUT2D eigenvalue weighted by molar-refractivity contribution is 0.123. The van der Waals surface area contributed by atoms with E-state index in [-0.39, 0.29) is 16.9 Å². The molecule has 0 fully saturated rings. The van der Waals surface area contributed by atoms with Crippen molar-refractivity contribution in [2.45, 2.75) is 33.2 Å². The average molecular weight is 288 g/mol. The molecule has 0 radical (unpaired) electrons. The zero-order valence-electron chi connectivity index (χ0n) is 11.9. The maximum atomic E-state index is 13.0. The van der Waals surface area contributed by atoms with Gasteiger partial charge in [-0.1, -0.05) is 31.5 Å². The predicted octanol–water partition coefficient (Wildman–Crippen LogP) is 4.19. The molecule has 1 rings (SSSR count). The molecular weight excluding hydrogens is 265 g/mol. The zero-order valence-corrected chi connectivity index (χ0v) is 12.6. The van der Waals surface area contributed by atoms with Gasteiger partial charge in [-0.2, -0.15) is 0 Å². The molecule has 1 aromatic carbocycles. The minimum Gasteiger partial charge on any atom is -0.380 e. The largest absolute Gasteiger partial charge is 0.380 e. The van der Waals surface area contributed by atoms with Gasteiger partial charge in [-0.15, -0.1) is 0 Å². The summed E-state index contributed by atoms with van der Waals surface area (Å²) in [5.41, 5.74) is 0.980. The summed E-state index contributed by atoms with van der Waals surface area (Å²) in [4.78, 5) is 0. The number of nitrogens with one attached hydrogen (secondary N) is 1. The van der Waals surface area contributed by atoms with Crippen LogP contribution in [0.15, 0.2) is 18.2 Å². The van der Waals surface area contributed by atoms with Crippen molar-refractivity contribution in [1.82, 2.24) is 5.32 Å². The van der Waals surface area contributed by atoms with E-state index in [0.29, 0.717) is 12.5 Å². The normalized spacial score (nSPS) is 12.9. The summed E-state index contributed by atoms with van der Waals surface area (Å²) in [5.74, 6) is 0.294. The molecule has 19 heavy (non-hydrogen) atoms. The van der Waals surface area contributed by atoms with Crippen LogP contribution < -0.4 is 5.32 Å². The second-order valence-electron chi connectivity index (χ2n) is 5.14. The van der Waals surface area contributed by atoms with E-state index in [0.717, 1.165) is 25.1 Å². The highest BCUT2D eigenvalue weighted by atomic mass is 35.5. The minimum atomic E-state index is -0.380. The Morgan fingerprint density at radius 1 is 1.26 bits per heavy atom. The second-order valence-corrected chi connectivity index (χ2v) is 5.55. The molecule has 0 spiro atoms. The quantitative estimate of drug-likeness (QED) is 0.724. The lowest BCUT2D eigenvalue weighted by Crippen LogP contribution is -2.23. The van der Waals surface area contributed by atoms with Gasteiger partial charge in [0, 0.05) is 19.2 Å². The van der Waals surface area contributed by atoms with E-state index in [4.69, 9.17) is 16.3 Å². The fourth-order valence-corrected chi connectivity index (χ4v) is 1.86. The molecule has 1 N–H and O–H groups in total. The first-order valence-corrected chi connectivity index (χ1v) is 7.14. The van der Waals surface area contributed by atoms with Gasteiger partial charge in [-0.05, 0) is 37.0 Å². The number of benzene rings is 1. The highest BCUT2D eigenvalue weighted by molar-refractivity contribution is 6.30. The van der Waals surface area contributed by atoms with E-state index in [9.17, 15) is 4.39 Å². The molecule has 1 atom stereocenters. The highest BCUT2D eigenvalue weighted by Crippen LogP contribution is 2.20. The second kappa shape index (κ2) is 8.51.